The van der Waals surface area contributed by atoms with Crippen molar-refractivity contribution in [1.82, 2.24) is 5.32 Å². The monoisotopic (exact) mass is 283 g/mol. The van der Waals surface area contributed by atoms with Crippen LogP contribution in [0.5, 0.6) is 0 Å². The molecule has 0 radical (unpaired) electrons. The first-order chi connectivity index (χ1) is 9.85. The Morgan fingerprint density at radius 1 is 1.00 bits per heavy atom. The van der Waals surface area contributed by atoms with Crippen LogP contribution in [0, 0.1) is 5.41 Å². The Morgan fingerprint density at radius 2 is 1.70 bits per heavy atom. The fourth-order valence-corrected chi connectivity index (χ4v) is 3.73. The maximum atomic E-state index is 9.65. The van der Waals surface area contributed by atoms with E-state index in [0.29, 0.717) is 12.7 Å². The van der Waals surface area contributed by atoms with E-state index in [-0.39, 0.29) is 5.41 Å². The van der Waals surface area contributed by atoms with Crippen molar-refractivity contribution in [3.8, 4) is 0 Å². The van der Waals surface area contributed by atoms with Gasteiger partial charge in [0.25, 0.3) is 0 Å². The minimum atomic E-state index is 0.169. The average molecular weight is 283 g/mol. The third kappa shape index (κ3) is 5.34. The van der Waals surface area contributed by atoms with E-state index in [1.165, 1.54) is 64.2 Å². The van der Waals surface area contributed by atoms with Crippen LogP contribution < -0.4 is 5.32 Å². The number of nitrogens with one attached hydrogen (secondary N) is 1. The lowest BCUT2D eigenvalue weighted by Crippen LogP contribution is -2.39. The average Bonchev–Trinajstić information content (AvgIpc) is 2.53. The molecule has 3 heteroatoms. The van der Waals surface area contributed by atoms with E-state index >= 15 is 0 Å². The fourth-order valence-electron chi connectivity index (χ4n) is 3.73. The molecule has 2 N–H and O–H groups in total. The van der Waals surface area contributed by atoms with Crippen LogP contribution in [0.15, 0.2) is 0 Å². The minimum Gasteiger partial charge on any atom is -0.396 e. The van der Waals surface area contributed by atoms with Crippen molar-refractivity contribution in [3.05, 3.63) is 0 Å². The van der Waals surface area contributed by atoms with Gasteiger partial charge in [0.15, 0.2) is 0 Å². The van der Waals surface area contributed by atoms with Gasteiger partial charge in [0.05, 0.1) is 6.10 Å². The molecule has 0 bridgehead atoms. The van der Waals surface area contributed by atoms with Gasteiger partial charge < -0.3 is 15.2 Å². The lowest BCUT2D eigenvalue weighted by atomic mass is 9.74. The first-order valence-corrected chi connectivity index (χ1v) is 8.78. The molecule has 0 unspecified atom stereocenters. The molecule has 0 saturated heterocycles. The van der Waals surface area contributed by atoms with Gasteiger partial charge in [0, 0.05) is 25.2 Å². The highest BCUT2D eigenvalue weighted by molar-refractivity contribution is 4.84. The Hall–Kier alpha value is -0.120. The molecule has 0 atom stereocenters. The molecule has 2 rings (SSSR count). The molecule has 0 amide bonds. The highest BCUT2D eigenvalue weighted by Crippen LogP contribution is 2.35. The molecule has 0 aliphatic heterocycles. The van der Waals surface area contributed by atoms with Gasteiger partial charge >= 0.3 is 0 Å². The largest absolute Gasteiger partial charge is 0.396 e. The SMILES string of the molecule is OCC1(CNCCCOC2CCCCC2)CCCCC1. The normalized spacial score (nSPS) is 23.9. The predicted molar refractivity (Wildman–Crippen MR) is 82.9 cm³/mol. The van der Waals surface area contributed by atoms with Crippen LogP contribution in [-0.2, 0) is 4.74 Å². The highest BCUT2D eigenvalue weighted by atomic mass is 16.5. The van der Waals surface area contributed by atoms with Crippen LogP contribution in [0.1, 0.15) is 70.6 Å². The Bertz CT molecular complexity index is 245. The van der Waals surface area contributed by atoms with Crippen molar-refractivity contribution in [2.45, 2.75) is 76.7 Å². The number of aliphatic hydroxyl groups excluding tert-OH is 1. The van der Waals surface area contributed by atoms with Crippen LogP contribution in [0.3, 0.4) is 0 Å². The van der Waals surface area contributed by atoms with Gasteiger partial charge in [-0.25, -0.2) is 0 Å². The zero-order valence-corrected chi connectivity index (χ0v) is 13.0. The standard InChI is InChI=1S/C17H33NO2/c19-15-17(10-5-2-6-11-17)14-18-12-7-13-20-16-8-3-1-4-9-16/h16,18-19H,1-15H2. The van der Waals surface area contributed by atoms with E-state index in [4.69, 9.17) is 4.74 Å². The molecule has 0 heterocycles. The van der Waals surface area contributed by atoms with Gasteiger partial charge in [-0.1, -0.05) is 38.5 Å². The summed E-state index contributed by atoms with van der Waals surface area (Å²) >= 11 is 0. The summed E-state index contributed by atoms with van der Waals surface area (Å²) in [6.07, 6.45) is 14.5. The molecule has 0 spiro atoms. The molecule has 2 saturated carbocycles. The summed E-state index contributed by atoms with van der Waals surface area (Å²) in [6, 6.07) is 0. The lowest BCUT2D eigenvalue weighted by molar-refractivity contribution is 0.0263. The maximum Gasteiger partial charge on any atom is 0.0575 e. The quantitative estimate of drug-likeness (QED) is 0.672. The van der Waals surface area contributed by atoms with Crippen LogP contribution >= 0.6 is 0 Å². The molecule has 2 aliphatic carbocycles. The van der Waals surface area contributed by atoms with Crippen LogP contribution in [0.25, 0.3) is 0 Å². The Morgan fingerprint density at radius 3 is 2.40 bits per heavy atom. The van der Waals surface area contributed by atoms with Crippen molar-refractivity contribution in [1.29, 1.82) is 0 Å². The van der Waals surface area contributed by atoms with Crippen molar-refractivity contribution < 1.29 is 9.84 Å². The summed E-state index contributed by atoms with van der Waals surface area (Å²) in [5.74, 6) is 0. The number of ether oxygens (including phenoxy) is 1. The van der Waals surface area contributed by atoms with E-state index in [1.807, 2.05) is 0 Å². The minimum absolute atomic E-state index is 0.169. The first kappa shape index (κ1) is 16.3. The zero-order chi connectivity index (χ0) is 14.1. The molecular weight excluding hydrogens is 250 g/mol. The van der Waals surface area contributed by atoms with E-state index in [0.717, 1.165) is 26.1 Å². The molecule has 2 aliphatic rings. The third-order valence-electron chi connectivity index (χ3n) is 5.15. The Kier molecular flexibility index (Phi) is 7.32. The molecule has 20 heavy (non-hydrogen) atoms. The summed E-state index contributed by atoms with van der Waals surface area (Å²) in [7, 11) is 0. The van der Waals surface area contributed by atoms with E-state index in [2.05, 4.69) is 5.32 Å². The first-order valence-electron chi connectivity index (χ1n) is 8.78. The topological polar surface area (TPSA) is 41.5 Å². The van der Waals surface area contributed by atoms with Gasteiger partial charge in [-0.3, -0.25) is 0 Å². The van der Waals surface area contributed by atoms with Gasteiger partial charge in [-0.2, -0.15) is 0 Å². The van der Waals surface area contributed by atoms with Crippen molar-refractivity contribution in [2.75, 3.05) is 26.3 Å². The summed E-state index contributed by atoms with van der Waals surface area (Å²) in [6.45, 7) is 3.24. The number of aliphatic hydroxyl groups is 1. The van der Waals surface area contributed by atoms with Crippen molar-refractivity contribution in [3.63, 3.8) is 0 Å². The summed E-state index contributed by atoms with van der Waals surface area (Å²) in [5, 5.41) is 13.2. The molecule has 2 fully saturated rings. The van der Waals surface area contributed by atoms with Crippen LogP contribution in [0.4, 0.5) is 0 Å². The van der Waals surface area contributed by atoms with Gasteiger partial charge in [0.1, 0.15) is 0 Å². The summed E-state index contributed by atoms with van der Waals surface area (Å²) in [5.41, 5.74) is 0.169. The second-order valence-corrected chi connectivity index (χ2v) is 6.88. The van der Waals surface area contributed by atoms with E-state index in [9.17, 15) is 5.11 Å². The third-order valence-corrected chi connectivity index (χ3v) is 5.15. The fraction of sp³-hybridized carbons (Fsp3) is 1.00. The van der Waals surface area contributed by atoms with Gasteiger partial charge in [-0.05, 0) is 38.6 Å². The molecule has 0 aromatic carbocycles. The summed E-state index contributed by atoms with van der Waals surface area (Å²) in [4.78, 5) is 0. The van der Waals surface area contributed by atoms with E-state index in [1.54, 1.807) is 0 Å². The second-order valence-electron chi connectivity index (χ2n) is 6.88. The zero-order valence-electron chi connectivity index (χ0n) is 13.0. The van der Waals surface area contributed by atoms with Crippen LogP contribution in [0.2, 0.25) is 0 Å². The van der Waals surface area contributed by atoms with Crippen molar-refractivity contribution >= 4 is 0 Å². The molecule has 0 aromatic rings. The van der Waals surface area contributed by atoms with Crippen molar-refractivity contribution in [2.24, 2.45) is 5.41 Å². The van der Waals surface area contributed by atoms with Crippen LogP contribution in [-0.4, -0.2) is 37.5 Å². The number of rotatable bonds is 8. The predicted octanol–water partition coefficient (Wildman–Crippen LogP) is 3.26. The molecular formula is C17H33NO2. The second kappa shape index (κ2) is 9.01. The Labute approximate surface area is 124 Å². The smallest absolute Gasteiger partial charge is 0.0575 e. The highest BCUT2D eigenvalue weighted by Gasteiger charge is 2.30. The maximum absolute atomic E-state index is 9.65. The van der Waals surface area contributed by atoms with Gasteiger partial charge in [-0.15, -0.1) is 0 Å². The number of hydrogen-bond acceptors (Lipinski definition) is 3. The molecule has 3 nitrogen and oxygen atoms in total. The molecule has 0 aromatic heterocycles. The summed E-state index contributed by atoms with van der Waals surface area (Å²) < 4.78 is 5.94. The van der Waals surface area contributed by atoms with E-state index < -0.39 is 0 Å². The Balaban J connectivity index is 1.50. The lowest BCUT2D eigenvalue weighted by Gasteiger charge is -2.35. The van der Waals surface area contributed by atoms with Gasteiger partial charge in [0.2, 0.25) is 0 Å². The molecule has 118 valence electrons. The number of hydrogen-bond donors (Lipinski definition) is 2.